The van der Waals surface area contributed by atoms with E-state index in [0.717, 1.165) is 12.5 Å². The summed E-state index contributed by atoms with van der Waals surface area (Å²) in [6, 6.07) is 6.78. The second kappa shape index (κ2) is 8.53. The molecule has 106 valence electrons. The van der Waals surface area contributed by atoms with Crippen LogP contribution in [-0.2, 0) is 0 Å². The Morgan fingerprint density at radius 3 is 2.21 bits per heavy atom. The molecule has 1 aliphatic carbocycles. The minimum absolute atomic E-state index is 0.0926. The van der Waals surface area contributed by atoms with E-state index >= 15 is 0 Å². The Morgan fingerprint density at radius 2 is 1.79 bits per heavy atom. The third kappa shape index (κ3) is 5.75. The summed E-state index contributed by atoms with van der Waals surface area (Å²) in [7, 11) is 1.60. The fourth-order valence-electron chi connectivity index (χ4n) is 2.20. The molecule has 1 aliphatic rings. The van der Waals surface area contributed by atoms with Crippen LogP contribution in [0.1, 0.15) is 42.5 Å². The zero-order valence-electron chi connectivity index (χ0n) is 11.7. The summed E-state index contributed by atoms with van der Waals surface area (Å²) in [4.78, 5) is 11.0. The van der Waals surface area contributed by atoms with Gasteiger partial charge >= 0.3 is 0 Å². The standard InChI is InChI=1S/C8H10N2O.C7H15N/c1-10-8(11)6-2-4-7(9)5-3-6;8-6-7-4-2-1-3-5-7/h2-5H,9H2,1H3,(H,10,11);7H,1-6,8H2. The summed E-state index contributed by atoms with van der Waals surface area (Å²) >= 11 is 0. The van der Waals surface area contributed by atoms with Crippen LogP contribution in [0.4, 0.5) is 5.69 Å². The van der Waals surface area contributed by atoms with Crippen molar-refractivity contribution in [2.75, 3.05) is 19.3 Å². The Hall–Kier alpha value is -1.55. The largest absolute Gasteiger partial charge is 0.399 e. The van der Waals surface area contributed by atoms with Gasteiger partial charge in [-0.3, -0.25) is 4.79 Å². The molecule has 0 atom stereocenters. The summed E-state index contributed by atoms with van der Waals surface area (Å²) in [6.07, 6.45) is 7.05. The monoisotopic (exact) mass is 263 g/mol. The molecule has 0 aromatic heterocycles. The lowest BCUT2D eigenvalue weighted by molar-refractivity contribution is 0.0963. The molecule has 0 radical (unpaired) electrons. The van der Waals surface area contributed by atoms with E-state index in [1.165, 1.54) is 32.1 Å². The van der Waals surface area contributed by atoms with Gasteiger partial charge in [-0.05, 0) is 49.6 Å². The number of carbonyl (C=O) groups excluding carboxylic acids is 1. The highest BCUT2D eigenvalue weighted by molar-refractivity contribution is 5.94. The van der Waals surface area contributed by atoms with E-state index in [0.29, 0.717) is 11.3 Å². The number of nitrogens with two attached hydrogens (primary N) is 2. The Morgan fingerprint density at radius 1 is 1.21 bits per heavy atom. The highest BCUT2D eigenvalue weighted by Crippen LogP contribution is 2.21. The number of nitrogens with one attached hydrogen (secondary N) is 1. The van der Waals surface area contributed by atoms with Crippen LogP contribution in [0, 0.1) is 5.92 Å². The van der Waals surface area contributed by atoms with Crippen molar-refractivity contribution in [3.05, 3.63) is 29.8 Å². The average molecular weight is 263 g/mol. The molecule has 1 amide bonds. The van der Waals surface area contributed by atoms with Crippen LogP contribution in [0.3, 0.4) is 0 Å². The van der Waals surface area contributed by atoms with Crippen LogP contribution >= 0.6 is 0 Å². The topological polar surface area (TPSA) is 81.1 Å². The van der Waals surface area contributed by atoms with Gasteiger partial charge in [0.1, 0.15) is 0 Å². The SMILES string of the molecule is CNC(=O)c1ccc(N)cc1.NCC1CCCCC1. The number of nitrogen functional groups attached to an aromatic ring is 1. The van der Waals surface area contributed by atoms with Gasteiger partial charge in [-0.15, -0.1) is 0 Å². The van der Waals surface area contributed by atoms with Crippen LogP contribution in [0.5, 0.6) is 0 Å². The van der Waals surface area contributed by atoms with Gasteiger partial charge in [-0.25, -0.2) is 0 Å². The van der Waals surface area contributed by atoms with E-state index in [9.17, 15) is 4.79 Å². The van der Waals surface area contributed by atoms with Crippen molar-refractivity contribution >= 4 is 11.6 Å². The normalized spacial score (nSPS) is 15.3. The molecular formula is C15H25N3O. The summed E-state index contributed by atoms with van der Waals surface area (Å²) < 4.78 is 0. The predicted octanol–water partition coefficient (Wildman–Crippen LogP) is 2.15. The zero-order valence-corrected chi connectivity index (χ0v) is 11.7. The van der Waals surface area contributed by atoms with Crippen LogP contribution < -0.4 is 16.8 Å². The predicted molar refractivity (Wildman–Crippen MR) is 79.9 cm³/mol. The quantitative estimate of drug-likeness (QED) is 0.715. The molecule has 4 heteroatoms. The fraction of sp³-hybridized carbons (Fsp3) is 0.533. The number of rotatable bonds is 2. The van der Waals surface area contributed by atoms with Crippen molar-refractivity contribution < 1.29 is 4.79 Å². The van der Waals surface area contributed by atoms with Crippen molar-refractivity contribution in [1.82, 2.24) is 5.32 Å². The summed E-state index contributed by atoms with van der Waals surface area (Å²) in [5.41, 5.74) is 12.2. The highest BCUT2D eigenvalue weighted by Gasteiger charge is 2.09. The summed E-state index contributed by atoms with van der Waals surface area (Å²) in [5, 5.41) is 2.52. The van der Waals surface area contributed by atoms with Gasteiger partial charge in [-0.1, -0.05) is 19.3 Å². The molecule has 1 fully saturated rings. The molecule has 0 aliphatic heterocycles. The summed E-state index contributed by atoms with van der Waals surface area (Å²) in [5.74, 6) is 0.772. The Kier molecular flexibility index (Phi) is 6.97. The zero-order chi connectivity index (χ0) is 14.1. The molecule has 0 bridgehead atoms. The third-order valence-corrected chi connectivity index (χ3v) is 3.46. The molecule has 0 heterocycles. The minimum atomic E-state index is -0.0926. The van der Waals surface area contributed by atoms with Crippen molar-refractivity contribution in [2.24, 2.45) is 11.7 Å². The second-order valence-corrected chi connectivity index (χ2v) is 4.94. The maximum atomic E-state index is 11.0. The fourth-order valence-corrected chi connectivity index (χ4v) is 2.20. The van der Waals surface area contributed by atoms with Gasteiger partial charge < -0.3 is 16.8 Å². The Labute approximate surface area is 115 Å². The van der Waals surface area contributed by atoms with Gasteiger partial charge in [0, 0.05) is 18.3 Å². The van der Waals surface area contributed by atoms with Crippen LogP contribution in [0.2, 0.25) is 0 Å². The number of hydrogen-bond acceptors (Lipinski definition) is 3. The highest BCUT2D eigenvalue weighted by atomic mass is 16.1. The van der Waals surface area contributed by atoms with Crippen LogP contribution in [0.15, 0.2) is 24.3 Å². The molecule has 2 rings (SSSR count). The number of hydrogen-bond donors (Lipinski definition) is 3. The van der Waals surface area contributed by atoms with Gasteiger partial charge in [0.15, 0.2) is 0 Å². The van der Waals surface area contributed by atoms with Crippen molar-refractivity contribution in [2.45, 2.75) is 32.1 Å². The maximum absolute atomic E-state index is 11.0. The van der Waals surface area contributed by atoms with Gasteiger partial charge in [0.05, 0.1) is 0 Å². The number of anilines is 1. The van der Waals surface area contributed by atoms with Gasteiger partial charge in [0.25, 0.3) is 5.91 Å². The molecule has 1 saturated carbocycles. The first-order valence-corrected chi connectivity index (χ1v) is 6.95. The van der Waals surface area contributed by atoms with E-state index < -0.39 is 0 Å². The number of amides is 1. The van der Waals surface area contributed by atoms with Crippen LogP contribution in [0.25, 0.3) is 0 Å². The molecule has 5 N–H and O–H groups in total. The molecule has 19 heavy (non-hydrogen) atoms. The first kappa shape index (κ1) is 15.5. The average Bonchev–Trinajstić information content (AvgIpc) is 2.48. The van der Waals surface area contributed by atoms with Crippen molar-refractivity contribution in [3.63, 3.8) is 0 Å². The number of benzene rings is 1. The molecular weight excluding hydrogens is 238 g/mol. The van der Waals surface area contributed by atoms with E-state index in [1.54, 1.807) is 31.3 Å². The molecule has 1 aromatic carbocycles. The Balaban J connectivity index is 0.000000200. The van der Waals surface area contributed by atoms with Crippen molar-refractivity contribution in [1.29, 1.82) is 0 Å². The van der Waals surface area contributed by atoms with E-state index in [-0.39, 0.29) is 5.91 Å². The lowest BCUT2D eigenvalue weighted by Crippen LogP contribution is -2.17. The first-order valence-electron chi connectivity index (χ1n) is 6.95. The maximum Gasteiger partial charge on any atom is 0.251 e. The smallest absolute Gasteiger partial charge is 0.251 e. The van der Waals surface area contributed by atoms with E-state index in [2.05, 4.69) is 5.32 Å². The van der Waals surface area contributed by atoms with Gasteiger partial charge in [-0.2, -0.15) is 0 Å². The Bertz CT molecular complexity index is 369. The molecule has 0 spiro atoms. The number of carbonyl (C=O) groups is 1. The molecule has 1 aromatic rings. The van der Waals surface area contributed by atoms with Crippen LogP contribution in [-0.4, -0.2) is 19.5 Å². The molecule has 4 nitrogen and oxygen atoms in total. The lowest BCUT2D eigenvalue weighted by Gasteiger charge is -2.18. The minimum Gasteiger partial charge on any atom is -0.399 e. The van der Waals surface area contributed by atoms with E-state index in [4.69, 9.17) is 11.5 Å². The third-order valence-electron chi connectivity index (χ3n) is 3.46. The molecule has 0 unspecified atom stereocenters. The van der Waals surface area contributed by atoms with E-state index in [1.807, 2.05) is 0 Å². The second-order valence-electron chi connectivity index (χ2n) is 4.94. The first-order chi connectivity index (χ1) is 9.17. The summed E-state index contributed by atoms with van der Waals surface area (Å²) in [6.45, 7) is 0.917. The molecule has 0 saturated heterocycles. The van der Waals surface area contributed by atoms with Gasteiger partial charge in [0.2, 0.25) is 0 Å². The van der Waals surface area contributed by atoms with Crippen molar-refractivity contribution in [3.8, 4) is 0 Å². The lowest BCUT2D eigenvalue weighted by atomic mass is 9.90.